The molecule has 0 unspecified atom stereocenters. The standard InChI is InChI=1S/C17H27N5O3S.HI/c1-3-19-17(22-12-10-21(11-13-22)14(2)23)20-9-8-15-4-6-16(7-5-15)26(18,24)25;/h4-7H,3,8-13H2,1-2H3,(H,19,20)(H2,18,24,25);1H. The third-order valence-corrected chi connectivity index (χ3v) is 5.20. The molecule has 152 valence electrons. The number of carbonyl (C=O) groups is 1. The number of carbonyl (C=O) groups excluding carboxylic acids is 1. The minimum absolute atomic E-state index is 0. The molecule has 0 spiro atoms. The predicted octanol–water partition coefficient (Wildman–Crippen LogP) is 0.624. The molecule has 0 saturated carbocycles. The van der Waals surface area contributed by atoms with E-state index >= 15 is 0 Å². The topological polar surface area (TPSA) is 108 Å². The smallest absolute Gasteiger partial charge is 0.238 e. The molecule has 1 aromatic rings. The number of rotatable bonds is 5. The number of benzene rings is 1. The lowest BCUT2D eigenvalue weighted by Crippen LogP contribution is -2.53. The van der Waals surface area contributed by atoms with E-state index in [2.05, 4.69) is 15.2 Å². The van der Waals surface area contributed by atoms with Crippen LogP contribution in [0.15, 0.2) is 34.2 Å². The van der Waals surface area contributed by atoms with Crippen molar-refractivity contribution in [3.05, 3.63) is 29.8 Å². The van der Waals surface area contributed by atoms with E-state index in [1.807, 2.05) is 11.8 Å². The SMILES string of the molecule is CCNC(=NCCc1ccc(S(N)(=O)=O)cc1)N1CCN(C(C)=O)CC1.I. The first-order valence-corrected chi connectivity index (χ1v) is 10.3. The molecule has 1 saturated heterocycles. The number of nitrogens with two attached hydrogens (primary N) is 1. The number of guanidine groups is 1. The van der Waals surface area contributed by atoms with E-state index in [1.54, 1.807) is 19.1 Å². The summed E-state index contributed by atoms with van der Waals surface area (Å²) in [7, 11) is -3.66. The van der Waals surface area contributed by atoms with Gasteiger partial charge in [-0.2, -0.15) is 0 Å². The van der Waals surface area contributed by atoms with Gasteiger partial charge in [-0.1, -0.05) is 12.1 Å². The molecule has 1 aromatic carbocycles. The summed E-state index contributed by atoms with van der Waals surface area (Å²) >= 11 is 0. The predicted molar refractivity (Wildman–Crippen MR) is 117 cm³/mol. The maximum atomic E-state index is 11.4. The molecule has 2 rings (SSSR count). The van der Waals surface area contributed by atoms with Crippen LogP contribution in [0.5, 0.6) is 0 Å². The van der Waals surface area contributed by atoms with Gasteiger partial charge in [0.25, 0.3) is 0 Å². The minimum Gasteiger partial charge on any atom is -0.357 e. The van der Waals surface area contributed by atoms with Gasteiger partial charge in [-0.05, 0) is 31.0 Å². The Kier molecular flexibility index (Phi) is 9.47. The molecule has 0 bridgehead atoms. The van der Waals surface area contributed by atoms with Crippen molar-refractivity contribution in [1.29, 1.82) is 0 Å². The Balaban J connectivity index is 0.00000364. The van der Waals surface area contributed by atoms with Crippen molar-refractivity contribution < 1.29 is 13.2 Å². The third kappa shape index (κ3) is 7.26. The van der Waals surface area contributed by atoms with Crippen LogP contribution in [0.2, 0.25) is 0 Å². The van der Waals surface area contributed by atoms with Gasteiger partial charge in [0, 0.05) is 46.2 Å². The maximum absolute atomic E-state index is 11.4. The number of primary sulfonamides is 1. The summed E-state index contributed by atoms with van der Waals surface area (Å²) in [6.45, 7) is 7.90. The number of sulfonamides is 1. The summed E-state index contributed by atoms with van der Waals surface area (Å²) in [5, 5.41) is 8.39. The number of halogens is 1. The average molecular weight is 509 g/mol. The highest BCUT2D eigenvalue weighted by Gasteiger charge is 2.20. The zero-order valence-electron chi connectivity index (χ0n) is 15.7. The molecule has 3 N–H and O–H groups in total. The van der Waals surface area contributed by atoms with Crippen LogP contribution in [0.3, 0.4) is 0 Å². The molecule has 1 aliphatic heterocycles. The lowest BCUT2D eigenvalue weighted by molar-refractivity contribution is -0.130. The summed E-state index contributed by atoms with van der Waals surface area (Å²) in [6, 6.07) is 6.54. The van der Waals surface area contributed by atoms with Crippen LogP contribution in [0.4, 0.5) is 0 Å². The number of hydrogen-bond donors (Lipinski definition) is 2. The zero-order chi connectivity index (χ0) is 19.2. The number of hydrogen-bond acceptors (Lipinski definition) is 4. The fraction of sp³-hybridized carbons (Fsp3) is 0.529. The van der Waals surface area contributed by atoms with Crippen LogP contribution >= 0.6 is 24.0 Å². The first-order chi connectivity index (χ1) is 12.3. The van der Waals surface area contributed by atoms with Crippen molar-refractivity contribution in [3.8, 4) is 0 Å². The second-order valence-corrected chi connectivity index (χ2v) is 7.73. The summed E-state index contributed by atoms with van der Waals surface area (Å²) in [6.07, 6.45) is 0.702. The number of aliphatic imine (C=N–C) groups is 1. The van der Waals surface area contributed by atoms with Crippen LogP contribution < -0.4 is 10.5 Å². The third-order valence-electron chi connectivity index (χ3n) is 4.27. The zero-order valence-corrected chi connectivity index (χ0v) is 18.9. The van der Waals surface area contributed by atoms with Crippen LogP contribution in [0.25, 0.3) is 0 Å². The molecule has 27 heavy (non-hydrogen) atoms. The van der Waals surface area contributed by atoms with Gasteiger partial charge in [0.15, 0.2) is 5.96 Å². The first kappa shape index (κ1) is 23.6. The molecule has 0 radical (unpaired) electrons. The van der Waals surface area contributed by atoms with Gasteiger partial charge in [0.05, 0.1) is 4.90 Å². The van der Waals surface area contributed by atoms with E-state index in [9.17, 15) is 13.2 Å². The highest BCUT2D eigenvalue weighted by molar-refractivity contribution is 14.0. The van der Waals surface area contributed by atoms with E-state index in [4.69, 9.17) is 5.14 Å². The molecule has 1 heterocycles. The fourth-order valence-electron chi connectivity index (χ4n) is 2.80. The Morgan fingerprint density at radius 2 is 1.70 bits per heavy atom. The largest absolute Gasteiger partial charge is 0.357 e. The molecular formula is C17H28IN5O3S. The lowest BCUT2D eigenvalue weighted by atomic mass is 10.1. The molecule has 1 aliphatic rings. The van der Waals surface area contributed by atoms with Crippen molar-refractivity contribution in [2.24, 2.45) is 10.1 Å². The highest BCUT2D eigenvalue weighted by atomic mass is 127. The Morgan fingerprint density at radius 3 is 2.19 bits per heavy atom. The van der Waals surface area contributed by atoms with Crippen LogP contribution in [0, 0.1) is 0 Å². The van der Waals surface area contributed by atoms with Crippen molar-refractivity contribution >= 4 is 45.9 Å². The summed E-state index contributed by atoms with van der Waals surface area (Å²) in [5.41, 5.74) is 0.999. The van der Waals surface area contributed by atoms with E-state index in [-0.39, 0.29) is 34.8 Å². The van der Waals surface area contributed by atoms with Gasteiger partial charge in [-0.15, -0.1) is 24.0 Å². The first-order valence-electron chi connectivity index (χ1n) is 8.71. The Labute approximate surface area is 178 Å². The highest BCUT2D eigenvalue weighted by Crippen LogP contribution is 2.09. The minimum atomic E-state index is -3.66. The van der Waals surface area contributed by atoms with Crippen molar-refractivity contribution in [2.75, 3.05) is 39.3 Å². The molecule has 1 amide bonds. The summed E-state index contributed by atoms with van der Waals surface area (Å²) in [4.78, 5) is 20.2. The van der Waals surface area contributed by atoms with Crippen LogP contribution in [-0.4, -0.2) is 69.4 Å². The Hall–Kier alpha value is -1.40. The second-order valence-electron chi connectivity index (χ2n) is 6.17. The van der Waals surface area contributed by atoms with E-state index in [1.165, 1.54) is 12.1 Å². The molecular weight excluding hydrogens is 481 g/mol. The van der Waals surface area contributed by atoms with Gasteiger partial charge in [0.2, 0.25) is 15.9 Å². The van der Waals surface area contributed by atoms with Crippen molar-refractivity contribution in [2.45, 2.75) is 25.2 Å². The monoisotopic (exact) mass is 509 g/mol. The van der Waals surface area contributed by atoms with E-state index < -0.39 is 10.0 Å². The second kappa shape index (κ2) is 10.8. The van der Waals surface area contributed by atoms with Crippen molar-refractivity contribution in [1.82, 2.24) is 15.1 Å². The maximum Gasteiger partial charge on any atom is 0.238 e. The number of piperazine rings is 1. The normalized spacial score (nSPS) is 15.3. The van der Waals surface area contributed by atoms with Gasteiger partial charge in [0.1, 0.15) is 0 Å². The Bertz CT molecular complexity index is 744. The summed E-state index contributed by atoms with van der Waals surface area (Å²) in [5.74, 6) is 0.950. The quantitative estimate of drug-likeness (QED) is 0.344. The van der Waals surface area contributed by atoms with Crippen LogP contribution in [0.1, 0.15) is 19.4 Å². The van der Waals surface area contributed by atoms with E-state index in [0.717, 1.165) is 31.2 Å². The number of nitrogens with zero attached hydrogens (tertiary/aromatic N) is 3. The molecule has 10 heteroatoms. The number of nitrogens with one attached hydrogen (secondary N) is 1. The fourth-order valence-corrected chi connectivity index (χ4v) is 3.31. The van der Waals surface area contributed by atoms with Gasteiger partial charge < -0.3 is 15.1 Å². The molecule has 8 nitrogen and oxygen atoms in total. The lowest BCUT2D eigenvalue weighted by Gasteiger charge is -2.36. The van der Waals surface area contributed by atoms with Crippen LogP contribution in [-0.2, 0) is 21.2 Å². The van der Waals surface area contributed by atoms with Crippen molar-refractivity contribution in [3.63, 3.8) is 0 Å². The molecule has 0 atom stereocenters. The Morgan fingerprint density at radius 1 is 1.15 bits per heavy atom. The average Bonchev–Trinajstić information content (AvgIpc) is 2.61. The summed E-state index contributed by atoms with van der Waals surface area (Å²) < 4.78 is 22.6. The molecule has 0 aliphatic carbocycles. The van der Waals surface area contributed by atoms with E-state index in [0.29, 0.717) is 26.1 Å². The van der Waals surface area contributed by atoms with Gasteiger partial charge in [-0.25, -0.2) is 13.6 Å². The molecule has 1 fully saturated rings. The number of amides is 1. The van der Waals surface area contributed by atoms with Gasteiger partial charge >= 0.3 is 0 Å². The molecule has 0 aromatic heterocycles. The van der Waals surface area contributed by atoms with Gasteiger partial charge in [-0.3, -0.25) is 9.79 Å².